The van der Waals surface area contributed by atoms with Crippen LogP contribution in [0.2, 0.25) is 0 Å². The lowest BCUT2D eigenvalue weighted by molar-refractivity contribution is -0.271. The van der Waals surface area contributed by atoms with Gasteiger partial charge in [-0.25, -0.2) is 0 Å². The Morgan fingerprint density at radius 1 is 1.00 bits per heavy atom. The van der Waals surface area contributed by atoms with Gasteiger partial charge in [0.05, 0.1) is 7.11 Å². The highest BCUT2D eigenvalue weighted by Gasteiger charge is 2.64. The zero-order valence-corrected chi connectivity index (χ0v) is 20.8. The summed E-state index contributed by atoms with van der Waals surface area (Å²) in [7, 11) is 2.60. The quantitative estimate of drug-likeness (QED) is 0.618. The summed E-state index contributed by atoms with van der Waals surface area (Å²) in [6.45, 7) is 2.11. The molecule has 35 heavy (non-hydrogen) atoms. The summed E-state index contributed by atoms with van der Waals surface area (Å²) in [6, 6.07) is 15.1. The second-order valence-corrected chi connectivity index (χ2v) is 9.15. The number of piperidine rings is 2. The van der Waals surface area contributed by atoms with E-state index in [0.717, 1.165) is 37.9 Å². The van der Waals surface area contributed by atoms with E-state index >= 15 is 0 Å². The molecule has 2 heterocycles. The second kappa shape index (κ2) is 10.8. The van der Waals surface area contributed by atoms with Gasteiger partial charge in [0.15, 0.2) is 0 Å². The first-order valence-corrected chi connectivity index (χ1v) is 11.6. The normalized spacial score (nSPS) is 21.6. The van der Waals surface area contributed by atoms with Crippen molar-refractivity contribution in [2.45, 2.75) is 37.0 Å². The van der Waals surface area contributed by atoms with Gasteiger partial charge in [0.25, 0.3) is 11.5 Å². The van der Waals surface area contributed by atoms with Crippen LogP contribution in [-0.2, 0) is 15.1 Å². The third-order valence-corrected chi connectivity index (χ3v) is 7.63. The molecule has 0 aromatic heterocycles. The first-order valence-electron chi connectivity index (χ1n) is 11.6. The van der Waals surface area contributed by atoms with Gasteiger partial charge < -0.3 is 19.7 Å². The molecular formula is C26H32ClF3N2O3. The SMILES string of the molecule is COc1ccccc1[C@@H]1CNCCC12CCN(C(=O)[C@](OC)(c1ccccc1)C(F)(F)F)CC2.Cl. The van der Waals surface area contributed by atoms with E-state index in [4.69, 9.17) is 9.47 Å². The van der Waals surface area contributed by atoms with Gasteiger partial charge in [-0.2, -0.15) is 13.2 Å². The Morgan fingerprint density at radius 3 is 2.23 bits per heavy atom. The first-order chi connectivity index (χ1) is 16.3. The predicted octanol–water partition coefficient (Wildman–Crippen LogP) is 4.91. The number of hydrogen-bond acceptors (Lipinski definition) is 4. The molecule has 0 aliphatic carbocycles. The minimum absolute atomic E-state index is 0. The summed E-state index contributed by atoms with van der Waals surface area (Å²) >= 11 is 0. The Balaban J connectivity index is 0.00000342. The predicted molar refractivity (Wildman–Crippen MR) is 130 cm³/mol. The number of nitrogens with zero attached hydrogens (tertiary/aromatic N) is 1. The van der Waals surface area contributed by atoms with Crippen molar-refractivity contribution in [3.63, 3.8) is 0 Å². The maximum Gasteiger partial charge on any atom is 0.430 e. The topological polar surface area (TPSA) is 50.8 Å². The highest BCUT2D eigenvalue weighted by Crippen LogP contribution is 2.51. The number of para-hydroxylation sites is 1. The zero-order chi connectivity index (χ0) is 24.4. The van der Waals surface area contributed by atoms with Crippen molar-refractivity contribution in [2.75, 3.05) is 40.4 Å². The van der Waals surface area contributed by atoms with E-state index in [9.17, 15) is 18.0 Å². The van der Waals surface area contributed by atoms with Crippen molar-refractivity contribution < 1.29 is 27.4 Å². The molecule has 2 atom stereocenters. The summed E-state index contributed by atoms with van der Waals surface area (Å²) in [6.07, 6.45) is -2.76. The number of carbonyl (C=O) groups excluding carboxylic acids is 1. The van der Waals surface area contributed by atoms with Crippen LogP contribution in [0.5, 0.6) is 5.75 Å². The average Bonchev–Trinajstić information content (AvgIpc) is 2.85. The number of nitrogens with one attached hydrogen (secondary N) is 1. The summed E-state index contributed by atoms with van der Waals surface area (Å²) < 4.78 is 53.8. The number of likely N-dealkylation sites (tertiary alicyclic amines) is 1. The van der Waals surface area contributed by atoms with Crippen LogP contribution in [0.15, 0.2) is 54.6 Å². The molecule has 2 saturated heterocycles. The average molecular weight is 513 g/mol. The molecule has 9 heteroatoms. The Kier molecular flexibility index (Phi) is 8.40. The standard InChI is InChI=1S/C26H31F3N2O3.ClH/c1-33-22-11-7-6-10-20(22)21-18-30-15-12-24(21)13-16-31(17-14-24)23(32)25(34-2,26(27,28)29)19-8-4-3-5-9-19;/h3-11,21,30H,12-18H2,1-2H3;1H/t21-,25+;/m0./s1. The van der Waals surface area contributed by atoms with Gasteiger partial charge in [-0.3, -0.25) is 4.79 Å². The molecule has 1 spiro atoms. The Morgan fingerprint density at radius 2 is 1.63 bits per heavy atom. The van der Waals surface area contributed by atoms with Crippen molar-refractivity contribution in [1.82, 2.24) is 10.2 Å². The van der Waals surface area contributed by atoms with Crippen LogP contribution in [-0.4, -0.2) is 57.4 Å². The molecule has 0 unspecified atom stereocenters. The van der Waals surface area contributed by atoms with Gasteiger partial charge in [0, 0.05) is 38.2 Å². The van der Waals surface area contributed by atoms with Gasteiger partial charge >= 0.3 is 6.18 Å². The molecule has 1 amide bonds. The molecule has 2 aliphatic heterocycles. The third kappa shape index (κ3) is 4.76. The molecule has 1 N–H and O–H groups in total. The first kappa shape index (κ1) is 27.3. The molecule has 2 aromatic rings. The van der Waals surface area contributed by atoms with E-state index in [-0.39, 0.29) is 42.4 Å². The smallest absolute Gasteiger partial charge is 0.430 e. The van der Waals surface area contributed by atoms with E-state index < -0.39 is 17.7 Å². The molecular weight excluding hydrogens is 481 g/mol. The van der Waals surface area contributed by atoms with Crippen LogP contribution in [0.4, 0.5) is 13.2 Å². The van der Waals surface area contributed by atoms with E-state index in [0.29, 0.717) is 12.8 Å². The molecule has 5 nitrogen and oxygen atoms in total. The number of ether oxygens (including phenoxy) is 2. The zero-order valence-electron chi connectivity index (χ0n) is 19.9. The van der Waals surface area contributed by atoms with Gasteiger partial charge in [-0.15, -0.1) is 12.4 Å². The molecule has 0 radical (unpaired) electrons. The van der Waals surface area contributed by atoms with E-state index in [1.165, 1.54) is 29.2 Å². The van der Waals surface area contributed by atoms with Crippen LogP contribution < -0.4 is 10.1 Å². The number of halogens is 4. The number of alkyl halides is 3. The number of amides is 1. The van der Waals surface area contributed by atoms with Crippen molar-refractivity contribution in [3.05, 3.63) is 65.7 Å². The van der Waals surface area contributed by atoms with Crippen LogP contribution in [0, 0.1) is 5.41 Å². The van der Waals surface area contributed by atoms with Crippen molar-refractivity contribution in [3.8, 4) is 5.75 Å². The minimum Gasteiger partial charge on any atom is -0.496 e. The van der Waals surface area contributed by atoms with Gasteiger partial charge in [-0.05, 0) is 42.9 Å². The van der Waals surface area contributed by atoms with E-state index in [1.807, 2.05) is 18.2 Å². The number of carbonyl (C=O) groups is 1. The maximum atomic E-state index is 14.4. The number of rotatable bonds is 5. The summed E-state index contributed by atoms with van der Waals surface area (Å²) in [4.78, 5) is 14.8. The molecule has 2 aromatic carbocycles. The molecule has 2 aliphatic rings. The van der Waals surface area contributed by atoms with Crippen molar-refractivity contribution >= 4 is 18.3 Å². The Labute approximate surface area is 210 Å². The number of benzene rings is 2. The molecule has 0 saturated carbocycles. The van der Waals surface area contributed by atoms with E-state index in [1.54, 1.807) is 13.2 Å². The largest absolute Gasteiger partial charge is 0.496 e. The van der Waals surface area contributed by atoms with Crippen LogP contribution >= 0.6 is 12.4 Å². The highest BCUT2D eigenvalue weighted by atomic mass is 35.5. The van der Waals surface area contributed by atoms with Gasteiger partial charge in [0.1, 0.15) is 5.75 Å². The Hall–Kier alpha value is -2.29. The summed E-state index contributed by atoms with van der Waals surface area (Å²) in [5.74, 6) is -0.0847. The van der Waals surface area contributed by atoms with Crippen LogP contribution in [0.3, 0.4) is 0 Å². The fraction of sp³-hybridized carbons (Fsp3) is 0.500. The van der Waals surface area contributed by atoms with Crippen LogP contribution in [0.25, 0.3) is 0 Å². The molecule has 2 fully saturated rings. The van der Waals surface area contributed by atoms with E-state index in [2.05, 4.69) is 11.4 Å². The lowest BCUT2D eigenvalue weighted by Crippen LogP contribution is -2.59. The maximum absolute atomic E-state index is 14.4. The highest BCUT2D eigenvalue weighted by molar-refractivity contribution is 5.88. The minimum atomic E-state index is -4.90. The van der Waals surface area contributed by atoms with Gasteiger partial charge in [-0.1, -0.05) is 48.5 Å². The monoisotopic (exact) mass is 512 g/mol. The number of hydrogen-bond donors (Lipinski definition) is 1. The molecule has 192 valence electrons. The van der Waals surface area contributed by atoms with Crippen LogP contribution in [0.1, 0.15) is 36.3 Å². The van der Waals surface area contributed by atoms with Crippen molar-refractivity contribution in [1.29, 1.82) is 0 Å². The summed E-state index contributed by atoms with van der Waals surface area (Å²) in [5, 5.41) is 3.46. The third-order valence-electron chi connectivity index (χ3n) is 7.63. The van der Waals surface area contributed by atoms with Crippen molar-refractivity contribution in [2.24, 2.45) is 5.41 Å². The molecule has 0 bridgehead atoms. The fourth-order valence-corrected chi connectivity index (χ4v) is 5.75. The summed E-state index contributed by atoms with van der Waals surface area (Å²) in [5.41, 5.74) is -2.24. The van der Waals surface area contributed by atoms with Gasteiger partial charge in [0.2, 0.25) is 0 Å². The second-order valence-electron chi connectivity index (χ2n) is 9.15. The fourth-order valence-electron chi connectivity index (χ4n) is 5.75. The number of methoxy groups -OCH3 is 2. The Bertz CT molecular complexity index is 997. The lowest BCUT2D eigenvalue weighted by Gasteiger charge is -2.51. The molecule has 4 rings (SSSR count). The lowest BCUT2D eigenvalue weighted by atomic mass is 9.62.